The molecule has 0 spiro atoms. The average molecular weight is 627 g/mol. The number of fused-ring (bicyclic) bond motifs is 8. The number of rotatable bonds is 3. The van der Waals surface area contributed by atoms with E-state index in [-0.39, 0.29) is 6.71 Å². The van der Waals surface area contributed by atoms with E-state index >= 15 is 0 Å². The minimum absolute atomic E-state index is 0.00722. The molecule has 0 amide bonds. The number of para-hydroxylation sites is 4. The SMILES string of the molecule is c1ccc(-n2c(-c3ccc4c(c3)B3c5cc6c(cc5Nc5cccc(c53)N4)c3ccccc3n6-c3ccccn3)nc3ccccc32)cc1. The second kappa shape index (κ2) is 9.95. The molecule has 228 valence electrons. The van der Waals surface area contributed by atoms with Gasteiger partial charge in [0.15, 0.2) is 0 Å². The fourth-order valence-corrected chi connectivity index (χ4v) is 8.09. The standard InChI is InChI=1S/C42H27BN6/c1-2-11-27(12-3-1)48-38-18-7-5-14-33(38)47-42(48)26-20-21-32-30(23-26)43-31-25-39-29(24-36(31)46-35-16-10-15-34(45-32)41(35)43)28-13-4-6-17-37(28)49(39)40-19-8-9-22-44-40/h1-25,45-46H. The molecule has 3 aromatic heterocycles. The van der Waals surface area contributed by atoms with Gasteiger partial charge in [-0.3, -0.25) is 9.13 Å². The minimum atomic E-state index is 0.00722. The first kappa shape index (κ1) is 26.5. The highest BCUT2D eigenvalue weighted by Gasteiger charge is 2.38. The molecule has 0 radical (unpaired) electrons. The molecule has 0 atom stereocenters. The lowest BCUT2D eigenvalue weighted by atomic mass is 9.33. The Labute approximate surface area is 282 Å². The Morgan fingerprint density at radius 1 is 0.510 bits per heavy atom. The molecule has 0 fully saturated rings. The van der Waals surface area contributed by atoms with E-state index in [4.69, 9.17) is 9.97 Å². The van der Waals surface area contributed by atoms with Crippen LogP contribution in [-0.4, -0.2) is 25.8 Å². The lowest BCUT2D eigenvalue weighted by Gasteiger charge is -2.35. The number of aromatic nitrogens is 4. The van der Waals surface area contributed by atoms with E-state index in [0.717, 1.165) is 67.7 Å². The summed E-state index contributed by atoms with van der Waals surface area (Å²) in [6.07, 6.45) is 1.87. The van der Waals surface area contributed by atoms with Crippen molar-refractivity contribution in [3.05, 3.63) is 152 Å². The third-order valence-corrected chi connectivity index (χ3v) is 10.2. The lowest BCUT2D eigenvalue weighted by molar-refractivity contribution is 1.08. The smallest absolute Gasteiger partial charge is 0.252 e. The summed E-state index contributed by atoms with van der Waals surface area (Å²) in [4.78, 5) is 10.0. The Bertz CT molecular complexity index is 2780. The van der Waals surface area contributed by atoms with E-state index < -0.39 is 0 Å². The van der Waals surface area contributed by atoms with Gasteiger partial charge in [0.2, 0.25) is 0 Å². The van der Waals surface area contributed by atoms with Crippen LogP contribution in [0.15, 0.2) is 152 Å². The van der Waals surface area contributed by atoms with Crippen molar-refractivity contribution in [2.24, 2.45) is 0 Å². The number of hydrogen-bond acceptors (Lipinski definition) is 4. The van der Waals surface area contributed by atoms with Crippen molar-refractivity contribution in [3.8, 4) is 22.9 Å². The highest BCUT2D eigenvalue weighted by molar-refractivity contribution is 7.00. The number of benzene rings is 6. The molecule has 2 aliphatic heterocycles. The minimum Gasteiger partial charge on any atom is -0.356 e. The number of pyridine rings is 1. The molecule has 7 heteroatoms. The summed E-state index contributed by atoms with van der Waals surface area (Å²) in [6.45, 7) is 0.00722. The van der Waals surface area contributed by atoms with E-state index in [1.54, 1.807) is 0 Å². The summed E-state index contributed by atoms with van der Waals surface area (Å²) >= 11 is 0. The van der Waals surface area contributed by atoms with E-state index in [1.165, 1.54) is 27.2 Å². The maximum atomic E-state index is 5.21. The summed E-state index contributed by atoms with van der Waals surface area (Å²) in [6, 6.07) is 51.6. The van der Waals surface area contributed by atoms with Gasteiger partial charge in [0, 0.05) is 51.0 Å². The topological polar surface area (TPSA) is 59.7 Å². The Kier molecular flexibility index (Phi) is 5.38. The van der Waals surface area contributed by atoms with Gasteiger partial charge < -0.3 is 10.6 Å². The largest absolute Gasteiger partial charge is 0.356 e. The van der Waals surface area contributed by atoms with E-state index in [0.29, 0.717) is 0 Å². The molecule has 0 unspecified atom stereocenters. The monoisotopic (exact) mass is 626 g/mol. The summed E-state index contributed by atoms with van der Waals surface area (Å²) in [7, 11) is 0. The van der Waals surface area contributed by atoms with Crippen molar-refractivity contribution in [1.82, 2.24) is 19.1 Å². The summed E-state index contributed by atoms with van der Waals surface area (Å²) in [5.74, 6) is 1.83. The predicted molar refractivity (Wildman–Crippen MR) is 203 cm³/mol. The van der Waals surface area contributed by atoms with Crippen molar-refractivity contribution in [2.75, 3.05) is 10.6 Å². The number of hydrogen-bond donors (Lipinski definition) is 2. The summed E-state index contributed by atoms with van der Waals surface area (Å²) in [5.41, 5.74) is 14.7. The molecule has 49 heavy (non-hydrogen) atoms. The van der Waals surface area contributed by atoms with Gasteiger partial charge in [-0.15, -0.1) is 0 Å². The molecule has 0 saturated carbocycles. The fraction of sp³-hybridized carbons (Fsp3) is 0. The highest BCUT2D eigenvalue weighted by atomic mass is 15.1. The van der Waals surface area contributed by atoms with Crippen LogP contribution in [-0.2, 0) is 0 Å². The van der Waals surface area contributed by atoms with Gasteiger partial charge in [-0.2, -0.15) is 0 Å². The van der Waals surface area contributed by atoms with Crippen molar-refractivity contribution >= 4 is 78.7 Å². The number of nitrogens with one attached hydrogen (secondary N) is 2. The predicted octanol–water partition coefficient (Wildman–Crippen LogP) is 7.81. The molecule has 2 aliphatic rings. The van der Waals surface area contributed by atoms with Crippen LogP contribution in [0.1, 0.15) is 0 Å². The van der Waals surface area contributed by atoms with Crippen LogP contribution >= 0.6 is 0 Å². The first-order valence-corrected chi connectivity index (χ1v) is 16.6. The molecule has 0 saturated heterocycles. The zero-order chi connectivity index (χ0) is 32.1. The summed E-state index contributed by atoms with van der Waals surface area (Å²) in [5, 5.41) is 10.0. The molecule has 0 bridgehead atoms. The normalized spacial score (nSPS) is 12.8. The van der Waals surface area contributed by atoms with Crippen LogP contribution < -0.4 is 27.0 Å². The van der Waals surface area contributed by atoms with Gasteiger partial charge in [-0.1, -0.05) is 66.7 Å². The van der Waals surface area contributed by atoms with Gasteiger partial charge in [0.25, 0.3) is 6.71 Å². The molecule has 5 heterocycles. The third-order valence-electron chi connectivity index (χ3n) is 10.2. The van der Waals surface area contributed by atoms with Crippen molar-refractivity contribution in [1.29, 1.82) is 0 Å². The maximum Gasteiger partial charge on any atom is 0.252 e. The number of nitrogens with zero attached hydrogens (tertiary/aromatic N) is 4. The van der Waals surface area contributed by atoms with E-state index in [1.807, 2.05) is 12.3 Å². The molecule has 6 aromatic carbocycles. The number of imidazole rings is 1. The van der Waals surface area contributed by atoms with Gasteiger partial charge in [0.05, 0.1) is 22.1 Å². The highest BCUT2D eigenvalue weighted by Crippen LogP contribution is 2.37. The van der Waals surface area contributed by atoms with E-state index in [9.17, 15) is 0 Å². The molecule has 9 aromatic rings. The zero-order valence-corrected chi connectivity index (χ0v) is 26.3. The van der Waals surface area contributed by atoms with Crippen molar-refractivity contribution in [2.45, 2.75) is 0 Å². The van der Waals surface area contributed by atoms with E-state index in [2.05, 4.69) is 159 Å². The molecule has 6 nitrogen and oxygen atoms in total. The zero-order valence-electron chi connectivity index (χ0n) is 26.3. The fourth-order valence-electron chi connectivity index (χ4n) is 8.09. The van der Waals surface area contributed by atoms with Crippen LogP contribution in [0.4, 0.5) is 22.7 Å². The second-order valence-corrected chi connectivity index (χ2v) is 12.8. The van der Waals surface area contributed by atoms with Crippen LogP contribution in [0.3, 0.4) is 0 Å². The first-order chi connectivity index (χ1) is 24.3. The summed E-state index contributed by atoms with van der Waals surface area (Å²) < 4.78 is 4.57. The average Bonchev–Trinajstić information content (AvgIpc) is 3.70. The molecule has 11 rings (SSSR count). The van der Waals surface area contributed by atoms with Crippen LogP contribution in [0.25, 0.3) is 55.7 Å². The van der Waals surface area contributed by atoms with Crippen LogP contribution in [0, 0.1) is 0 Å². The lowest BCUT2D eigenvalue weighted by Crippen LogP contribution is -2.59. The van der Waals surface area contributed by atoms with Gasteiger partial charge in [0.1, 0.15) is 11.6 Å². The van der Waals surface area contributed by atoms with Crippen LogP contribution in [0.2, 0.25) is 0 Å². The van der Waals surface area contributed by atoms with Gasteiger partial charge in [-0.25, -0.2) is 9.97 Å². The van der Waals surface area contributed by atoms with Crippen molar-refractivity contribution in [3.63, 3.8) is 0 Å². The van der Waals surface area contributed by atoms with Gasteiger partial charge in [-0.05, 0) is 95.3 Å². The van der Waals surface area contributed by atoms with Gasteiger partial charge >= 0.3 is 0 Å². The molecule has 2 N–H and O–H groups in total. The first-order valence-electron chi connectivity index (χ1n) is 16.6. The third kappa shape index (κ3) is 3.78. The Hall–Kier alpha value is -6.60. The van der Waals surface area contributed by atoms with Crippen molar-refractivity contribution < 1.29 is 0 Å². The Morgan fingerprint density at radius 3 is 2.12 bits per heavy atom. The van der Waals surface area contributed by atoms with Crippen LogP contribution in [0.5, 0.6) is 0 Å². The maximum absolute atomic E-state index is 5.21. The second-order valence-electron chi connectivity index (χ2n) is 12.8. The number of anilines is 4. The molecular weight excluding hydrogens is 599 g/mol. The molecular formula is C42H27BN6. The Balaban J connectivity index is 1.18. The molecule has 0 aliphatic carbocycles. The Morgan fingerprint density at radius 2 is 1.27 bits per heavy atom. The quantitative estimate of drug-likeness (QED) is 0.197.